The third-order valence-electron chi connectivity index (χ3n) is 4.07. The molecule has 2 atom stereocenters. The highest BCUT2D eigenvalue weighted by molar-refractivity contribution is 5.72. The van der Waals surface area contributed by atoms with Crippen molar-refractivity contribution in [1.82, 2.24) is 5.32 Å². The number of rotatable bonds is 11. The second kappa shape index (κ2) is 11.6. The summed E-state index contributed by atoms with van der Waals surface area (Å²) in [6.45, 7) is 17.7. The van der Waals surface area contributed by atoms with Crippen molar-refractivity contribution in [2.24, 2.45) is 17.3 Å². The van der Waals surface area contributed by atoms with Gasteiger partial charge in [0.15, 0.2) is 0 Å². The van der Waals surface area contributed by atoms with Gasteiger partial charge >= 0.3 is 11.9 Å². The van der Waals surface area contributed by atoms with Crippen LogP contribution in [0.2, 0.25) is 0 Å². The van der Waals surface area contributed by atoms with Crippen LogP contribution in [0.15, 0.2) is 0 Å². The predicted octanol–water partition coefficient (Wildman–Crippen LogP) is 4.34. The van der Waals surface area contributed by atoms with E-state index in [0.717, 1.165) is 25.7 Å². The van der Waals surface area contributed by atoms with Crippen LogP contribution in [-0.4, -0.2) is 37.2 Å². The number of carbonyl (C=O) groups excluding carboxylic acids is 2. The van der Waals surface area contributed by atoms with Crippen molar-refractivity contribution in [2.45, 2.75) is 86.6 Å². The molecular formula is C21H41NO4. The van der Waals surface area contributed by atoms with Crippen LogP contribution in [0.1, 0.15) is 81.1 Å². The molecule has 2 unspecified atom stereocenters. The second-order valence-electron chi connectivity index (χ2n) is 9.45. The molecule has 0 aromatic rings. The van der Waals surface area contributed by atoms with Gasteiger partial charge in [0.05, 0.1) is 18.4 Å². The summed E-state index contributed by atoms with van der Waals surface area (Å²) in [6, 6.07) is 0. The highest BCUT2D eigenvalue weighted by Gasteiger charge is 2.22. The van der Waals surface area contributed by atoms with Crippen LogP contribution in [0.3, 0.4) is 0 Å². The summed E-state index contributed by atoms with van der Waals surface area (Å²) in [5.41, 5.74) is 0.00283. The smallest absolute Gasteiger partial charge is 0.308 e. The fourth-order valence-electron chi connectivity index (χ4n) is 2.40. The van der Waals surface area contributed by atoms with Gasteiger partial charge in [0.25, 0.3) is 0 Å². The van der Waals surface area contributed by atoms with E-state index in [-0.39, 0.29) is 34.7 Å². The van der Waals surface area contributed by atoms with Crippen LogP contribution in [0.5, 0.6) is 0 Å². The maximum absolute atomic E-state index is 12.2. The molecule has 0 aliphatic heterocycles. The van der Waals surface area contributed by atoms with E-state index in [2.05, 4.69) is 26.1 Å². The van der Waals surface area contributed by atoms with Crippen LogP contribution >= 0.6 is 0 Å². The van der Waals surface area contributed by atoms with Gasteiger partial charge < -0.3 is 14.8 Å². The topological polar surface area (TPSA) is 64.6 Å². The maximum atomic E-state index is 12.2. The van der Waals surface area contributed by atoms with Crippen LogP contribution in [0.25, 0.3) is 0 Å². The molecule has 0 aliphatic carbocycles. The van der Waals surface area contributed by atoms with E-state index in [0.29, 0.717) is 19.8 Å². The number of hydrogen-bond acceptors (Lipinski definition) is 5. The van der Waals surface area contributed by atoms with E-state index in [1.165, 1.54) is 0 Å². The fourth-order valence-corrected chi connectivity index (χ4v) is 2.40. The average Bonchev–Trinajstić information content (AvgIpc) is 2.51. The van der Waals surface area contributed by atoms with E-state index in [4.69, 9.17) is 9.47 Å². The van der Waals surface area contributed by atoms with Gasteiger partial charge in [-0.3, -0.25) is 9.59 Å². The first-order chi connectivity index (χ1) is 11.9. The summed E-state index contributed by atoms with van der Waals surface area (Å²) >= 11 is 0. The Morgan fingerprint density at radius 2 is 1.58 bits per heavy atom. The predicted molar refractivity (Wildman–Crippen MR) is 106 cm³/mol. The monoisotopic (exact) mass is 371 g/mol. The van der Waals surface area contributed by atoms with Crippen molar-refractivity contribution in [3.05, 3.63) is 0 Å². The molecule has 0 rings (SSSR count). The Bertz CT molecular complexity index is 421. The van der Waals surface area contributed by atoms with Crippen molar-refractivity contribution in [1.29, 1.82) is 0 Å². The van der Waals surface area contributed by atoms with E-state index in [9.17, 15) is 9.59 Å². The lowest BCUT2D eigenvalue weighted by molar-refractivity contribution is -0.151. The molecule has 0 bridgehead atoms. The zero-order valence-electron chi connectivity index (χ0n) is 18.2. The molecule has 26 heavy (non-hydrogen) atoms. The Labute approximate surface area is 160 Å². The normalized spacial score (nSPS) is 14.6. The molecule has 0 saturated heterocycles. The number of carbonyl (C=O) groups is 2. The van der Waals surface area contributed by atoms with Crippen LogP contribution in [0, 0.1) is 17.3 Å². The summed E-state index contributed by atoms with van der Waals surface area (Å²) < 4.78 is 10.7. The lowest BCUT2D eigenvalue weighted by Gasteiger charge is -2.21. The summed E-state index contributed by atoms with van der Waals surface area (Å²) in [7, 11) is 0. The quantitative estimate of drug-likeness (QED) is 0.432. The average molecular weight is 372 g/mol. The molecule has 0 aromatic carbocycles. The van der Waals surface area contributed by atoms with E-state index >= 15 is 0 Å². The second-order valence-corrected chi connectivity index (χ2v) is 9.45. The largest absolute Gasteiger partial charge is 0.465 e. The first-order valence-electron chi connectivity index (χ1n) is 9.94. The third kappa shape index (κ3) is 13.2. The van der Waals surface area contributed by atoms with E-state index in [1.807, 2.05) is 34.6 Å². The Balaban J connectivity index is 4.07. The van der Waals surface area contributed by atoms with Crippen molar-refractivity contribution in [2.75, 3.05) is 19.8 Å². The highest BCUT2D eigenvalue weighted by atomic mass is 16.5. The van der Waals surface area contributed by atoms with Gasteiger partial charge in [0, 0.05) is 12.1 Å². The van der Waals surface area contributed by atoms with Crippen LogP contribution in [0.4, 0.5) is 0 Å². The molecule has 0 aromatic heterocycles. The van der Waals surface area contributed by atoms with Gasteiger partial charge in [-0.2, -0.15) is 0 Å². The van der Waals surface area contributed by atoms with Crippen LogP contribution in [-0.2, 0) is 19.1 Å². The highest BCUT2D eigenvalue weighted by Crippen LogP contribution is 2.20. The molecule has 0 amide bonds. The van der Waals surface area contributed by atoms with E-state index in [1.54, 1.807) is 0 Å². The molecule has 0 aliphatic rings. The summed E-state index contributed by atoms with van der Waals surface area (Å²) in [4.78, 5) is 24.2. The number of hydrogen-bond donors (Lipinski definition) is 1. The standard InChI is InChI=1S/C21H41NO4/c1-9-17(19(24)26-15-20(3,4)5)12-10-11-16(2)18(23)25-14-13-22-21(6,7)8/h16-17,22H,9-15H2,1-8H3. The zero-order chi connectivity index (χ0) is 20.4. The van der Waals surface area contributed by atoms with Crippen molar-refractivity contribution >= 4 is 11.9 Å². The SMILES string of the molecule is CCC(CCCC(C)C(=O)OCCNC(C)(C)C)C(=O)OCC(C)(C)C. The van der Waals surface area contributed by atoms with Gasteiger partial charge in [-0.05, 0) is 45.4 Å². The molecule has 0 saturated carbocycles. The maximum Gasteiger partial charge on any atom is 0.308 e. The van der Waals surface area contributed by atoms with Gasteiger partial charge in [-0.25, -0.2) is 0 Å². The Kier molecular flexibility index (Phi) is 11.1. The number of nitrogens with one attached hydrogen (secondary N) is 1. The first-order valence-corrected chi connectivity index (χ1v) is 9.94. The Morgan fingerprint density at radius 1 is 0.962 bits per heavy atom. The molecular weight excluding hydrogens is 330 g/mol. The molecule has 5 heteroatoms. The molecule has 0 radical (unpaired) electrons. The van der Waals surface area contributed by atoms with Gasteiger partial charge in [0.2, 0.25) is 0 Å². The molecule has 1 N–H and O–H groups in total. The fraction of sp³-hybridized carbons (Fsp3) is 0.905. The molecule has 0 fully saturated rings. The van der Waals surface area contributed by atoms with Crippen molar-refractivity contribution in [3.63, 3.8) is 0 Å². The number of esters is 2. The summed E-state index contributed by atoms with van der Waals surface area (Å²) in [6.07, 6.45) is 3.07. The lowest BCUT2D eigenvalue weighted by Crippen LogP contribution is -2.38. The molecule has 0 spiro atoms. The van der Waals surface area contributed by atoms with Crippen molar-refractivity contribution in [3.8, 4) is 0 Å². The lowest BCUT2D eigenvalue weighted by atomic mass is 9.95. The zero-order valence-corrected chi connectivity index (χ0v) is 18.2. The number of ether oxygens (including phenoxy) is 2. The van der Waals surface area contributed by atoms with Gasteiger partial charge in [-0.1, -0.05) is 41.0 Å². The van der Waals surface area contributed by atoms with Crippen LogP contribution < -0.4 is 5.32 Å². The van der Waals surface area contributed by atoms with Crippen molar-refractivity contribution < 1.29 is 19.1 Å². The van der Waals surface area contributed by atoms with E-state index < -0.39 is 0 Å². The first kappa shape index (κ1) is 24.9. The Hall–Kier alpha value is -1.10. The van der Waals surface area contributed by atoms with Gasteiger partial charge in [-0.15, -0.1) is 0 Å². The minimum Gasteiger partial charge on any atom is -0.465 e. The minimum atomic E-state index is -0.163. The third-order valence-corrected chi connectivity index (χ3v) is 4.07. The molecule has 0 heterocycles. The minimum absolute atomic E-state index is 0.0198. The Morgan fingerprint density at radius 3 is 2.08 bits per heavy atom. The molecule has 5 nitrogen and oxygen atoms in total. The van der Waals surface area contributed by atoms with Gasteiger partial charge in [0.1, 0.15) is 6.61 Å². The summed E-state index contributed by atoms with van der Waals surface area (Å²) in [5, 5.41) is 3.29. The molecule has 154 valence electrons. The summed E-state index contributed by atoms with van der Waals surface area (Å²) in [5.74, 6) is -0.515.